The Bertz CT molecular complexity index is 554. The predicted molar refractivity (Wildman–Crippen MR) is 96.5 cm³/mol. The van der Waals surface area contributed by atoms with Crippen molar-refractivity contribution in [3.63, 3.8) is 0 Å². The largest absolute Gasteiger partial charge is 0.390 e. The summed E-state index contributed by atoms with van der Waals surface area (Å²) in [6.45, 7) is 8.63. The van der Waals surface area contributed by atoms with E-state index in [4.69, 9.17) is 0 Å². The van der Waals surface area contributed by atoms with E-state index in [1.807, 2.05) is 6.08 Å². The lowest BCUT2D eigenvalue weighted by Gasteiger charge is -2.61. The summed E-state index contributed by atoms with van der Waals surface area (Å²) in [6.07, 6.45) is 12.5. The van der Waals surface area contributed by atoms with Crippen LogP contribution in [0.5, 0.6) is 0 Å². The Morgan fingerprint density at radius 2 is 1.92 bits per heavy atom. The highest BCUT2D eigenvalue weighted by atomic mass is 16.3. The first kappa shape index (κ1) is 16.8. The molecule has 0 aromatic rings. The molecule has 4 saturated carbocycles. The van der Waals surface area contributed by atoms with Gasteiger partial charge in [-0.2, -0.15) is 0 Å². The minimum atomic E-state index is -0.509. The molecule has 7 atom stereocenters. The molecule has 2 heteroatoms. The predicted octanol–water partition coefficient (Wildman–Crippen LogP) is 4.91. The summed E-state index contributed by atoms with van der Waals surface area (Å²) < 4.78 is 0. The molecule has 0 saturated heterocycles. The summed E-state index contributed by atoms with van der Waals surface area (Å²) in [5.41, 5.74) is -0.142. The second kappa shape index (κ2) is 5.43. The Kier molecular flexibility index (Phi) is 3.81. The van der Waals surface area contributed by atoms with E-state index in [-0.39, 0.29) is 5.41 Å². The fraction of sp³-hybridized carbons (Fsp3) is 0.864. The average Bonchev–Trinajstić information content (AvgIpc) is 2.84. The second-order valence-electron chi connectivity index (χ2n) is 10.00. The highest BCUT2D eigenvalue weighted by Gasteiger charge is 2.61. The first-order chi connectivity index (χ1) is 11.3. The highest BCUT2D eigenvalue weighted by molar-refractivity contribution is 5.87. The number of aliphatic hydroxyl groups is 1. The van der Waals surface area contributed by atoms with Gasteiger partial charge in [0.2, 0.25) is 0 Å². The van der Waals surface area contributed by atoms with Crippen molar-refractivity contribution in [2.75, 3.05) is 0 Å². The first-order valence-corrected chi connectivity index (χ1v) is 10.2. The van der Waals surface area contributed by atoms with Gasteiger partial charge in [-0.1, -0.05) is 19.9 Å². The lowest BCUT2D eigenvalue weighted by atomic mass is 9.44. The maximum absolute atomic E-state index is 12.5. The van der Waals surface area contributed by atoms with Crippen molar-refractivity contribution in [2.24, 2.45) is 34.5 Å². The third-order valence-electron chi connectivity index (χ3n) is 9.05. The lowest BCUT2D eigenvalue weighted by Crippen LogP contribution is -2.55. The summed E-state index contributed by atoms with van der Waals surface area (Å²) in [5.74, 6) is 3.35. The van der Waals surface area contributed by atoms with Gasteiger partial charge in [0.1, 0.15) is 5.78 Å². The zero-order valence-corrected chi connectivity index (χ0v) is 15.5. The molecule has 0 aliphatic heterocycles. The molecule has 4 fully saturated rings. The van der Waals surface area contributed by atoms with Gasteiger partial charge >= 0.3 is 0 Å². The van der Waals surface area contributed by atoms with Gasteiger partial charge in [0.05, 0.1) is 5.60 Å². The standard InChI is InChI=1S/C22H34O2/c1-4-10-22(24)13-12-20(2)15(14-22)5-6-16-17-7-8-19(23)21(17,3)11-9-18(16)20/h4,15-18,24H,1,5-14H2,2-3H3/t15-,16-,17-,18-,20-,21-,22+/m0/s1. The molecular formula is C22H34O2. The molecule has 4 rings (SSSR count). The number of fused-ring (bicyclic) bond motifs is 5. The molecule has 134 valence electrons. The molecule has 0 amide bonds. The molecule has 0 bridgehead atoms. The Morgan fingerprint density at radius 3 is 2.67 bits per heavy atom. The Hall–Kier alpha value is -0.630. The molecule has 0 unspecified atom stereocenters. The molecule has 0 heterocycles. The number of Topliss-reactive ketones (excluding diaryl/α,β-unsaturated/α-hetero) is 1. The van der Waals surface area contributed by atoms with Crippen LogP contribution in [-0.2, 0) is 4.79 Å². The van der Waals surface area contributed by atoms with Crippen molar-refractivity contribution in [1.29, 1.82) is 0 Å². The minimum Gasteiger partial charge on any atom is -0.390 e. The molecule has 2 nitrogen and oxygen atoms in total. The van der Waals surface area contributed by atoms with Crippen LogP contribution in [0.3, 0.4) is 0 Å². The van der Waals surface area contributed by atoms with Crippen LogP contribution in [0.2, 0.25) is 0 Å². The highest BCUT2D eigenvalue weighted by Crippen LogP contribution is 2.66. The smallest absolute Gasteiger partial charge is 0.139 e. The van der Waals surface area contributed by atoms with Gasteiger partial charge in [0, 0.05) is 11.8 Å². The maximum Gasteiger partial charge on any atom is 0.139 e. The summed E-state index contributed by atoms with van der Waals surface area (Å²) in [6, 6.07) is 0. The van der Waals surface area contributed by atoms with E-state index in [0.29, 0.717) is 23.0 Å². The molecule has 4 aliphatic rings. The topological polar surface area (TPSA) is 37.3 Å². The second-order valence-corrected chi connectivity index (χ2v) is 10.00. The summed E-state index contributed by atoms with van der Waals surface area (Å²) in [7, 11) is 0. The third kappa shape index (κ3) is 2.21. The molecule has 24 heavy (non-hydrogen) atoms. The fourth-order valence-corrected chi connectivity index (χ4v) is 7.55. The number of carbonyl (C=O) groups is 1. The van der Waals surface area contributed by atoms with Gasteiger partial charge in [-0.05, 0) is 86.9 Å². The van der Waals surface area contributed by atoms with Crippen LogP contribution in [0.15, 0.2) is 12.7 Å². The van der Waals surface area contributed by atoms with E-state index >= 15 is 0 Å². The van der Waals surface area contributed by atoms with E-state index < -0.39 is 5.60 Å². The van der Waals surface area contributed by atoms with Gasteiger partial charge in [0.25, 0.3) is 0 Å². The third-order valence-corrected chi connectivity index (χ3v) is 9.05. The zero-order valence-electron chi connectivity index (χ0n) is 15.5. The van der Waals surface area contributed by atoms with Crippen LogP contribution >= 0.6 is 0 Å². The quantitative estimate of drug-likeness (QED) is 0.731. The Morgan fingerprint density at radius 1 is 1.12 bits per heavy atom. The fourth-order valence-electron chi connectivity index (χ4n) is 7.55. The van der Waals surface area contributed by atoms with Crippen LogP contribution in [0.4, 0.5) is 0 Å². The van der Waals surface area contributed by atoms with Gasteiger partial charge in [0.15, 0.2) is 0 Å². The van der Waals surface area contributed by atoms with Gasteiger partial charge in [-0.15, -0.1) is 6.58 Å². The van der Waals surface area contributed by atoms with Crippen molar-refractivity contribution >= 4 is 5.78 Å². The maximum atomic E-state index is 12.5. The summed E-state index contributed by atoms with van der Waals surface area (Å²) in [4.78, 5) is 12.5. The SMILES string of the molecule is C=CC[C@@]1(O)CC[C@@]2(C)[C@@H](CC[C@@H]3[C@@H]2CC[C@]2(C)C(=O)CC[C@@H]32)C1. The molecule has 0 aromatic heterocycles. The van der Waals surface area contributed by atoms with Crippen LogP contribution in [0.25, 0.3) is 0 Å². The Labute approximate surface area is 147 Å². The van der Waals surface area contributed by atoms with E-state index in [1.54, 1.807) is 0 Å². The zero-order chi connectivity index (χ0) is 17.2. The molecule has 1 N–H and O–H groups in total. The number of carbonyl (C=O) groups excluding carboxylic acids is 1. The van der Waals surface area contributed by atoms with E-state index in [0.717, 1.165) is 56.8 Å². The first-order valence-electron chi connectivity index (χ1n) is 10.2. The molecule has 4 aliphatic carbocycles. The average molecular weight is 331 g/mol. The van der Waals surface area contributed by atoms with Crippen molar-refractivity contribution in [3.8, 4) is 0 Å². The van der Waals surface area contributed by atoms with Crippen molar-refractivity contribution in [3.05, 3.63) is 12.7 Å². The minimum absolute atomic E-state index is 0.0113. The van der Waals surface area contributed by atoms with Gasteiger partial charge in [-0.25, -0.2) is 0 Å². The number of hydrogen-bond donors (Lipinski definition) is 1. The van der Waals surface area contributed by atoms with Crippen molar-refractivity contribution < 1.29 is 9.90 Å². The molecule has 0 radical (unpaired) electrons. The van der Waals surface area contributed by atoms with Crippen LogP contribution in [-0.4, -0.2) is 16.5 Å². The van der Waals surface area contributed by atoms with Crippen molar-refractivity contribution in [2.45, 2.75) is 83.7 Å². The van der Waals surface area contributed by atoms with E-state index in [9.17, 15) is 9.90 Å². The molecular weight excluding hydrogens is 296 g/mol. The van der Waals surface area contributed by atoms with Crippen LogP contribution in [0, 0.1) is 34.5 Å². The van der Waals surface area contributed by atoms with E-state index in [2.05, 4.69) is 20.4 Å². The lowest BCUT2D eigenvalue weighted by molar-refractivity contribution is -0.153. The Balaban J connectivity index is 1.59. The monoisotopic (exact) mass is 330 g/mol. The van der Waals surface area contributed by atoms with E-state index in [1.165, 1.54) is 19.3 Å². The number of hydrogen-bond acceptors (Lipinski definition) is 2. The summed E-state index contributed by atoms with van der Waals surface area (Å²) in [5, 5.41) is 10.9. The van der Waals surface area contributed by atoms with Gasteiger partial charge in [-0.3, -0.25) is 4.79 Å². The van der Waals surface area contributed by atoms with Crippen LogP contribution < -0.4 is 0 Å². The number of ketones is 1. The number of rotatable bonds is 2. The summed E-state index contributed by atoms with van der Waals surface area (Å²) >= 11 is 0. The molecule has 0 aromatic carbocycles. The normalized spacial score (nSPS) is 53.9. The van der Waals surface area contributed by atoms with Crippen LogP contribution in [0.1, 0.15) is 78.1 Å². The van der Waals surface area contributed by atoms with Crippen molar-refractivity contribution in [1.82, 2.24) is 0 Å². The van der Waals surface area contributed by atoms with Gasteiger partial charge < -0.3 is 5.11 Å². The molecule has 0 spiro atoms.